The number of anilines is 10. The third kappa shape index (κ3) is 21.3. The molecule has 8 bridgehead atoms. The van der Waals surface area contributed by atoms with Crippen molar-refractivity contribution in [2.24, 2.45) is 5.92 Å². The lowest BCUT2D eigenvalue weighted by atomic mass is 9.82. The van der Waals surface area contributed by atoms with E-state index in [9.17, 15) is 20.4 Å². The minimum atomic E-state index is -0.660. The summed E-state index contributed by atoms with van der Waals surface area (Å²) in [5, 5.41) is 58.9. The summed E-state index contributed by atoms with van der Waals surface area (Å²) in [5.74, 6) is 3.89. The summed E-state index contributed by atoms with van der Waals surface area (Å²) in [6, 6.07) is 40.1. The molecular weight excluding hydrogens is 1780 g/mol. The number of fused-ring (bicyclic) bond motifs is 31. The Morgan fingerprint density at radius 2 is 0.732 bits per heavy atom. The van der Waals surface area contributed by atoms with Gasteiger partial charge in [0.1, 0.15) is 73.8 Å². The van der Waals surface area contributed by atoms with Crippen LogP contribution >= 0.6 is 0 Å². The van der Waals surface area contributed by atoms with Crippen LogP contribution in [0.1, 0.15) is 151 Å². The van der Waals surface area contributed by atoms with Crippen molar-refractivity contribution in [3.8, 4) is 23.0 Å². The molecule has 20 rings (SSSR count). The maximum Gasteiger partial charge on any atom is 0.143 e. The van der Waals surface area contributed by atoms with Gasteiger partial charge in [-0.05, 0) is 212 Å². The zero-order valence-electron chi connectivity index (χ0n) is 87.6. The van der Waals surface area contributed by atoms with Gasteiger partial charge in [0, 0.05) is 268 Å². The number of aliphatic hydroxyl groups is 4. The first-order valence-electron chi connectivity index (χ1n) is 53.6. The van der Waals surface area contributed by atoms with E-state index in [1.807, 2.05) is 0 Å². The summed E-state index contributed by atoms with van der Waals surface area (Å²) in [5.41, 5.74) is 29.4. The van der Waals surface area contributed by atoms with Gasteiger partial charge < -0.3 is 115 Å². The van der Waals surface area contributed by atoms with Gasteiger partial charge in [-0.2, -0.15) is 0 Å². The van der Waals surface area contributed by atoms with Crippen molar-refractivity contribution in [2.45, 2.75) is 202 Å². The summed E-state index contributed by atoms with van der Waals surface area (Å²) in [7, 11) is 8.80. The van der Waals surface area contributed by atoms with Crippen LogP contribution in [-0.4, -0.2) is 327 Å². The highest BCUT2D eigenvalue weighted by molar-refractivity contribution is 5.84. The number of hydrogen-bond acceptors (Lipinski definition) is 30. The normalized spacial score (nSPS) is 19.9. The van der Waals surface area contributed by atoms with Crippen LogP contribution in [0.2, 0.25) is 0 Å². The van der Waals surface area contributed by atoms with Crippen molar-refractivity contribution in [2.75, 3.05) is 275 Å². The second-order valence-corrected chi connectivity index (χ2v) is 43.0. The number of rotatable bonds is 42. The molecule has 142 heavy (non-hydrogen) atoms. The molecule has 13 aliphatic rings. The van der Waals surface area contributed by atoms with Crippen molar-refractivity contribution in [1.82, 2.24) is 60.5 Å². The van der Waals surface area contributed by atoms with Crippen molar-refractivity contribution in [1.29, 1.82) is 0 Å². The zero-order chi connectivity index (χ0) is 98.8. The van der Waals surface area contributed by atoms with E-state index < -0.39 is 24.4 Å². The molecule has 1 aliphatic carbocycles. The fourth-order valence-electron chi connectivity index (χ4n) is 25.1. The van der Waals surface area contributed by atoms with Gasteiger partial charge in [-0.3, -0.25) is 34.3 Å². The Balaban J connectivity index is 0.000000180. The fourth-order valence-corrected chi connectivity index (χ4v) is 25.1. The van der Waals surface area contributed by atoms with Gasteiger partial charge in [0.15, 0.2) is 0 Å². The van der Waals surface area contributed by atoms with E-state index >= 15 is 0 Å². The molecule has 0 spiro atoms. The summed E-state index contributed by atoms with van der Waals surface area (Å²) in [4.78, 5) is 44.8. The maximum absolute atomic E-state index is 11.4. The quantitative estimate of drug-likeness (QED) is 0.0167. The number of likely N-dealkylation sites (N-methyl/N-ethyl adjacent to an activating group) is 1. The van der Waals surface area contributed by atoms with E-state index in [4.69, 9.17) is 18.9 Å². The van der Waals surface area contributed by atoms with Gasteiger partial charge in [-0.1, -0.05) is 83.2 Å². The minimum Gasteiger partial charge on any atom is -0.491 e. The number of benzene rings is 7. The SMILES string of the molecule is CCN1CN(C)Cc2cc(OCC(O)CNCCN(CCNCC(O)COc3cc4c(c5c3N3Cc6ccccc6N(C5)C3)N(CC)CN(C)C4)C(C)(CC)CC)c3c(c21)CN1CN3Cc2ccccc21.CCN1CN(C)Cc2ccc3c(c21)CN1CN3Cc2cc(OCC(O)CNCCN(CCNCC(O)COc3ccc4c(c3)CN3CN4CC4=C3C=CC3CN(C)CN(CC)C43)C(C)(CC)CC)ccc21. The molecule has 12 aliphatic heterocycles. The van der Waals surface area contributed by atoms with E-state index in [-0.39, 0.29) is 37.5 Å². The molecule has 6 atom stereocenters. The van der Waals surface area contributed by atoms with Crippen LogP contribution in [0.15, 0.2) is 133 Å². The Morgan fingerprint density at radius 1 is 0.352 bits per heavy atom. The lowest BCUT2D eigenvalue weighted by Gasteiger charge is -2.53. The molecule has 8 N–H and O–H groups in total. The first-order chi connectivity index (χ1) is 68.9. The molecule has 30 nitrogen and oxygen atoms in total. The molecule has 770 valence electrons. The van der Waals surface area contributed by atoms with E-state index in [0.29, 0.717) is 38.1 Å². The predicted octanol–water partition coefficient (Wildman–Crippen LogP) is 11.1. The lowest BCUT2D eigenvalue weighted by Crippen LogP contribution is -2.59. The van der Waals surface area contributed by atoms with E-state index in [1.165, 1.54) is 118 Å². The molecule has 0 aromatic heterocycles. The van der Waals surface area contributed by atoms with Crippen LogP contribution in [0.3, 0.4) is 0 Å². The predicted molar refractivity (Wildman–Crippen MR) is 575 cm³/mol. The topological polar surface area (TPSA) is 224 Å². The van der Waals surface area contributed by atoms with Crippen LogP contribution in [-0.2, 0) is 65.4 Å². The van der Waals surface area contributed by atoms with Gasteiger partial charge in [-0.15, -0.1) is 0 Å². The molecule has 7 aromatic carbocycles. The summed E-state index contributed by atoms with van der Waals surface area (Å²) < 4.78 is 25.7. The smallest absolute Gasteiger partial charge is 0.143 e. The van der Waals surface area contributed by atoms with Crippen LogP contribution in [0.5, 0.6) is 23.0 Å². The van der Waals surface area contributed by atoms with E-state index in [0.717, 1.165) is 259 Å². The number of para-hydroxylation sites is 2. The fraction of sp³-hybridized carbons (Fsp3) is 0.589. The highest BCUT2D eigenvalue weighted by Crippen LogP contribution is 2.54. The van der Waals surface area contributed by atoms with Crippen molar-refractivity contribution in [3.05, 3.63) is 188 Å². The molecule has 12 heterocycles. The number of hydrogen-bond donors (Lipinski definition) is 8. The van der Waals surface area contributed by atoms with Gasteiger partial charge in [0.25, 0.3) is 0 Å². The first-order valence-corrected chi connectivity index (χ1v) is 53.6. The summed E-state index contributed by atoms with van der Waals surface area (Å²) in [6.07, 6.45) is 6.41. The molecule has 1 fully saturated rings. The maximum atomic E-state index is 11.4. The van der Waals surface area contributed by atoms with Crippen molar-refractivity contribution in [3.63, 3.8) is 0 Å². The van der Waals surface area contributed by atoms with Gasteiger partial charge in [0.05, 0.1) is 64.7 Å². The number of allylic oxidation sites excluding steroid dienone is 1. The van der Waals surface area contributed by atoms with Gasteiger partial charge in [-0.25, -0.2) is 0 Å². The van der Waals surface area contributed by atoms with Crippen molar-refractivity contribution < 1.29 is 39.4 Å². The average molecular weight is 1950 g/mol. The minimum absolute atomic E-state index is 0.0296. The van der Waals surface area contributed by atoms with Crippen LogP contribution < -0.4 is 89.2 Å². The molecule has 0 amide bonds. The Bertz CT molecular complexity index is 5420. The van der Waals surface area contributed by atoms with E-state index in [1.54, 1.807) is 5.57 Å². The largest absolute Gasteiger partial charge is 0.491 e. The molecule has 0 saturated carbocycles. The average Bonchev–Trinajstić information content (AvgIpc) is 0.735. The number of aliphatic hydroxyl groups excluding tert-OH is 4. The molecule has 7 aromatic rings. The molecule has 0 radical (unpaired) electrons. The second kappa shape index (κ2) is 44.4. The number of nitrogens with one attached hydrogen (secondary N) is 4. The molecular formula is C112H164N22O8. The standard InChI is InChI=1S/C56H83N11O4.C56H81N11O4/c1-8-56(5,9-2)67(22-20-57-26-44(68)34-70-46-14-18-50-42(24-46)30-63-38-65(50)32-48-52(63)16-12-40-28-59(6)36-61(10-3)54(40)48)23-21-58-27-45(69)35-71-47-15-19-51-43(25-47)31-64-39-66(51)33-49-53(64)17-13-41-29-60(7)37-62(11-4)55(41)49;1-8-56(5,9-2)67(22-20-57-26-44(68)34-70-50-24-42-28-59(6)36-61(10-3)52(42)46-32-63-38-65(54(46)50)30-40-16-12-14-18-48(40)63)23-21-58-27-45(69)35-71-51-25-43-29-60(7)37-62(11-4)53(43)47-33-64-39-66(55(47)51)31-41-17-13-15-19-49(41)64/h12-19,24-25,40,44-45,54,57-58,68-69H,8-11,20-23,26-39H2,1-7H3;12-19,24-25,44-45,57-58,68-69H,8-11,20-23,26-39H2,1-7H3. The lowest BCUT2D eigenvalue weighted by molar-refractivity contribution is 0.0424. The highest BCUT2D eigenvalue weighted by atomic mass is 16.5. The van der Waals surface area contributed by atoms with Crippen molar-refractivity contribution >= 4 is 56.9 Å². The Labute approximate surface area is 845 Å². The van der Waals surface area contributed by atoms with Gasteiger partial charge >= 0.3 is 0 Å². The Kier molecular flexibility index (Phi) is 31.6. The summed E-state index contributed by atoms with van der Waals surface area (Å²) >= 11 is 0. The molecule has 30 heteroatoms. The Hall–Kier alpha value is -9.58. The zero-order valence-corrected chi connectivity index (χ0v) is 87.6. The molecule has 1 saturated heterocycles. The first kappa shape index (κ1) is 101. The van der Waals surface area contributed by atoms with E-state index in [2.05, 4.69) is 328 Å². The number of ether oxygens (including phenoxy) is 4. The number of nitrogens with zero attached hydrogens (tertiary/aromatic N) is 18. The summed E-state index contributed by atoms with van der Waals surface area (Å²) in [6.45, 7) is 53.8. The third-order valence-corrected chi connectivity index (χ3v) is 33.2. The monoisotopic (exact) mass is 1950 g/mol. The van der Waals surface area contributed by atoms with Crippen LogP contribution in [0.25, 0.3) is 0 Å². The third-order valence-electron chi connectivity index (χ3n) is 33.2. The van der Waals surface area contributed by atoms with Crippen LogP contribution in [0.4, 0.5) is 56.9 Å². The Morgan fingerprint density at radius 3 is 1.18 bits per heavy atom. The highest BCUT2D eigenvalue weighted by Gasteiger charge is 2.46. The van der Waals surface area contributed by atoms with Crippen LogP contribution in [0, 0.1) is 5.92 Å². The second-order valence-electron chi connectivity index (χ2n) is 43.0. The molecule has 6 unspecified atom stereocenters. The van der Waals surface area contributed by atoms with Gasteiger partial charge in [0.2, 0.25) is 0 Å².